The molecular weight excluding hydrogens is 335 g/mol. The van der Waals surface area contributed by atoms with Crippen LogP contribution in [-0.4, -0.2) is 41.0 Å². The Hall–Kier alpha value is -1.60. The normalized spacial score (nSPS) is 14.9. The molecule has 144 valence electrons. The highest BCUT2D eigenvalue weighted by atomic mass is 19.4. The zero-order valence-electron chi connectivity index (χ0n) is 15.1. The molecule has 0 aliphatic heterocycles. The topological polar surface area (TPSA) is 69.6 Å². The Morgan fingerprint density at radius 3 is 2.04 bits per heavy atom. The SMILES string of the molecule is CC[C@H](C)[C@@H](CO)NC(C)Cc1ccc(C)cc1.O=C(O)C(F)(F)F. The lowest BCUT2D eigenvalue weighted by molar-refractivity contribution is -0.192. The van der Waals surface area contributed by atoms with Gasteiger partial charge in [0.15, 0.2) is 0 Å². The van der Waals surface area contributed by atoms with Crippen LogP contribution in [0.2, 0.25) is 0 Å². The zero-order chi connectivity index (χ0) is 19.6. The molecule has 0 bridgehead atoms. The first-order chi connectivity index (χ1) is 11.5. The van der Waals surface area contributed by atoms with Gasteiger partial charge in [0.25, 0.3) is 0 Å². The molecule has 0 fully saturated rings. The second-order valence-electron chi connectivity index (χ2n) is 6.23. The van der Waals surface area contributed by atoms with Crippen LogP contribution in [0, 0.1) is 12.8 Å². The first-order valence-electron chi connectivity index (χ1n) is 8.23. The van der Waals surface area contributed by atoms with Crippen molar-refractivity contribution in [2.24, 2.45) is 5.92 Å². The maximum Gasteiger partial charge on any atom is 0.490 e. The van der Waals surface area contributed by atoms with Crippen molar-refractivity contribution < 1.29 is 28.2 Å². The van der Waals surface area contributed by atoms with Gasteiger partial charge in [0.2, 0.25) is 0 Å². The lowest BCUT2D eigenvalue weighted by Gasteiger charge is -2.26. The average molecular weight is 363 g/mol. The van der Waals surface area contributed by atoms with Crippen LogP contribution >= 0.6 is 0 Å². The van der Waals surface area contributed by atoms with Gasteiger partial charge in [0, 0.05) is 12.1 Å². The van der Waals surface area contributed by atoms with Crippen LogP contribution in [0.15, 0.2) is 24.3 Å². The molecule has 0 aliphatic carbocycles. The summed E-state index contributed by atoms with van der Waals surface area (Å²) >= 11 is 0. The number of hydrogen-bond donors (Lipinski definition) is 3. The van der Waals surface area contributed by atoms with Gasteiger partial charge in [-0.3, -0.25) is 0 Å². The second-order valence-corrected chi connectivity index (χ2v) is 6.23. The Morgan fingerprint density at radius 1 is 1.20 bits per heavy atom. The fourth-order valence-corrected chi connectivity index (χ4v) is 2.18. The van der Waals surface area contributed by atoms with E-state index in [4.69, 9.17) is 9.90 Å². The molecule has 3 N–H and O–H groups in total. The van der Waals surface area contributed by atoms with Crippen molar-refractivity contribution in [3.63, 3.8) is 0 Å². The predicted octanol–water partition coefficient (Wildman–Crippen LogP) is 3.56. The molecule has 1 rings (SSSR count). The van der Waals surface area contributed by atoms with E-state index in [0.29, 0.717) is 12.0 Å². The van der Waals surface area contributed by atoms with Crippen molar-refractivity contribution in [1.82, 2.24) is 5.32 Å². The van der Waals surface area contributed by atoms with Crippen LogP contribution in [0.25, 0.3) is 0 Å². The van der Waals surface area contributed by atoms with Gasteiger partial charge in [0.1, 0.15) is 0 Å². The summed E-state index contributed by atoms with van der Waals surface area (Å²) < 4.78 is 31.7. The number of alkyl halides is 3. The minimum Gasteiger partial charge on any atom is -0.475 e. The van der Waals surface area contributed by atoms with Crippen molar-refractivity contribution in [1.29, 1.82) is 0 Å². The number of aliphatic hydroxyl groups excluding tert-OH is 1. The number of rotatable bonds is 7. The molecule has 7 heteroatoms. The van der Waals surface area contributed by atoms with E-state index in [-0.39, 0.29) is 12.6 Å². The number of carbonyl (C=O) groups is 1. The monoisotopic (exact) mass is 363 g/mol. The molecule has 0 amide bonds. The van der Waals surface area contributed by atoms with Crippen LogP contribution in [-0.2, 0) is 11.2 Å². The maximum atomic E-state index is 10.6. The molecule has 1 unspecified atom stereocenters. The highest BCUT2D eigenvalue weighted by molar-refractivity contribution is 5.73. The highest BCUT2D eigenvalue weighted by Crippen LogP contribution is 2.13. The third-order valence-corrected chi connectivity index (χ3v) is 3.93. The molecule has 0 spiro atoms. The number of aliphatic carboxylic acids is 1. The van der Waals surface area contributed by atoms with E-state index in [9.17, 15) is 18.3 Å². The van der Waals surface area contributed by atoms with Gasteiger partial charge in [-0.15, -0.1) is 0 Å². The molecule has 1 aromatic carbocycles. The molecule has 0 saturated carbocycles. The van der Waals surface area contributed by atoms with E-state index in [1.807, 2.05) is 0 Å². The van der Waals surface area contributed by atoms with Crippen LogP contribution in [0.1, 0.15) is 38.3 Å². The lowest BCUT2D eigenvalue weighted by Crippen LogP contribution is -2.43. The second kappa shape index (κ2) is 11.1. The zero-order valence-corrected chi connectivity index (χ0v) is 15.1. The Labute approximate surface area is 147 Å². The van der Waals surface area contributed by atoms with Crippen LogP contribution in [0.3, 0.4) is 0 Å². The van der Waals surface area contributed by atoms with Gasteiger partial charge >= 0.3 is 12.1 Å². The molecule has 4 nitrogen and oxygen atoms in total. The highest BCUT2D eigenvalue weighted by Gasteiger charge is 2.38. The first kappa shape index (κ1) is 23.4. The molecule has 0 aliphatic rings. The van der Waals surface area contributed by atoms with Gasteiger partial charge in [-0.05, 0) is 31.7 Å². The molecule has 25 heavy (non-hydrogen) atoms. The number of carboxylic acid groups (broad SMARTS) is 1. The summed E-state index contributed by atoms with van der Waals surface area (Å²) in [6, 6.07) is 9.27. The van der Waals surface area contributed by atoms with E-state index in [1.165, 1.54) is 11.1 Å². The summed E-state index contributed by atoms with van der Waals surface area (Å²) in [5.74, 6) is -2.25. The van der Waals surface area contributed by atoms with E-state index in [0.717, 1.165) is 12.8 Å². The van der Waals surface area contributed by atoms with Crippen LogP contribution < -0.4 is 5.32 Å². The summed E-state index contributed by atoms with van der Waals surface area (Å²) in [7, 11) is 0. The Bertz CT molecular complexity index is 503. The van der Waals surface area contributed by atoms with Crippen LogP contribution in [0.5, 0.6) is 0 Å². The fraction of sp³-hybridized carbons (Fsp3) is 0.611. The Kier molecular flexibility index (Phi) is 10.4. The predicted molar refractivity (Wildman–Crippen MR) is 91.5 cm³/mol. The smallest absolute Gasteiger partial charge is 0.475 e. The van der Waals surface area contributed by atoms with E-state index < -0.39 is 12.1 Å². The van der Waals surface area contributed by atoms with Crippen molar-refractivity contribution >= 4 is 5.97 Å². The van der Waals surface area contributed by atoms with Crippen molar-refractivity contribution in [3.05, 3.63) is 35.4 Å². The summed E-state index contributed by atoms with van der Waals surface area (Å²) in [5, 5.41) is 20.1. The summed E-state index contributed by atoms with van der Waals surface area (Å²) in [6.07, 6.45) is -2.98. The minimum absolute atomic E-state index is 0.204. The number of aryl methyl sites for hydroxylation is 1. The van der Waals surface area contributed by atoms with Crippen molar-refractivity contribution in [2.45, 2.75) is 58.8 Å². The van der Waals surface area contributed by atoms with Crippen LogP contribution in [0.4, 0.5) is 13.2 Å². The third-order valence-electron chi connectivity index (χ3n) is 3.93. The molecule has 0 radical (unpaired) electrons. The number of carboxylic acids is 1. The molecule has 0 saturated heterocycles. The summed E-state index contributed by atoms with van der Waals surface area (Å²) in [4.78, 5) is 8.90. The first-order valence-corrected chi connectivity index (χ1v) is 8.23. The third kappa shape index (κ3) is 10.1. The summed E-state index contributed by atoms with van der Waals surface area (Å²) in [5.41, 5.74) is 2.65. The van der Waals surface area contributed by atoms with Gasteiger partial charge in [0.05, 0.1) is 6.61 Å². The van der Waals surface area contributed by atoms with Gasteiger partial charge < -0.3 is 15.5 Å². The van der Waals surface area contributed by atoms with Gasteiger partial charge in [-0.25, -0.2) is 4.79 Å². The standard InChI is InChI=1S/C16H27NO.C2HF3O2/c1-5-13(3)16(11-18)17-14(4)10-15-8-6-12(2)7-9-15;3-2(4,5)1(6)7/h6-9,13-14,16-18H,5,10-11H2,1-4H3;(H,6,7)/t13-,14?,16+;/m0./s1. The minimum atomic E-state index is -5.08. The molecule has 1 aromatic rings. The molecule has 0 heterocycles. The average Bonchev–Trinajstić information content (AvgIpc) is 2.53. The van der Waals surface area contributed by atoms with Gasteiger partial charge in [-0.2, -0.15) is 13.2 Å². The lowest BCUT2D eigenvalue weighted by atomic mass is 9.98. The quantitative estimate of drug-likeness (QED) is 0.693. The number of nitrogens with one attached hydrogen (secondary N) is 1. The Morgan fingerprint density at radius 2 is 1.68 bits per heavy atom. The van der Waals surface area contributed by atoms with E-state index in [2.05, 4.69) is 57.3 Å². The molecular formula is C18H28F3NO3. The van der Waals surface area contributed by atoms with Crippen molar-refractivity contribution in [3.8, 4) is 0 Å². The number of halogens is 3. The maximum absolute atomic E-state index is 10.6. The van der Waals surface area contributed by atoms with Crippen molar-refractivity contribution in [2.75, 3.05) is 6.61 Å². The van der Waals surface area contributed by atoms with E-state index in [1.54, 1.807) is 0 Å². The number of hydrogen-bond acceptors (Lipinski definition) is 3. The Balaban J connectivity index is 0.000000697. The van der Waals surface area contributed by atoms with Gasteiger partial charge in [-0.1, -0.05) is 50.1 Å². The summed E-state index contributed by atoms with van der Waals surface area (Å²) in [6.45, 7) is 8.86. The number of aliphatic hydroxyl groups is 1. The fourth-order valence-electron chi connectivity index (χ4n) is 2.18. The molecule has 0 aromatic heterocycles. The van der Waals surface area contributed by atoms with E-state index >= 15 is 0 Å². The molecule has 3 atom stereocenters. The number of benzene rings is 1. The largest absolute Gasteiger partial charge is 0.490 e.